The van der Waals surface area contributed by atoms with Gasteiger partial charge in [-0.05, 0) is 29.9 Å². The molecule has 0 saturated carbocycles. The summed E-state index contributed by atoms with van der Waals surface area (Å²) in [4.78, 5) is 12.1. The first-order chi connectivity index (χ1) is 9.77. The highest BCUT2D eigenvalue weighted by Crippen LogP contribution is 2.31. The lowest BCUT2D eigenvalue weighted by Gasteiger charge is -2.26. The summed E-state index contributed by atoms with van der Waals surface area (Å²) in [5.41, 5.74) is 0.207. The number of carbonyl (C=O) groups is 1. The van der Waals surface area contributed by atoms with E-state index in [-0.39, 0.29) is 21.5 Å². The van der Waals surface area contributed by atoms with Gasteiger partial charge in [-0.3, -0.25) is 0 Å². The van der Waals surface area contributed by atoms with Gasteiger partial charge in [0.1, 0.15) is 0 Å². The van der Waals surface area contributed by atoms with Crippen LogP contribution in [0.4, 0.5) is 0 Å². The number of ether oxygens (including phenoxy) is 1. The molecule has 0 aromatic heterocycles. The Hall–Kier alpha value is -0.440. The Balaban J connectivity index is 2.75. The van der Waals surface area contributed by atoms with Crippen molar-refractivity contribution in [1.82, 2.24) is 0 Å². The molecule has 0 spiro atoms. The lowest BCUT2D eigenvalue weighted by atomic mass is 9.83. The van der Waals surface area contributed by atoms with Crippen LogP contribution in [0.5, 0.6) is 0 Å². The summed E-state index contributed by atoms with van der Waals surface area (Å²) in [6.45, 7) is 8.96. The number of rotatable bonds is 6. The third kappa shape index (κ3) is 5.05. The van der Waals surface area contributed by atoms with E-state index in [4.69, 9.17) is 39.5 Å². The van der Waals surface area contributed by atoms with Gasteiger partial charge < -0.3 is 4.74 Å². The Morgan fingerprint density at radius 1 is 1.19 bits per heavy atom. The second kappa shape index (κ2) is 8.26. The molecule has 1 aromatic carbocycles. The number of benzene rings is 1. The minimum absolute atomic E-state index is 0.176. The highest BCUT2D eigenvalue weighted by Gasteiger charge is 2.22. The van der Waals surface area contributed by atoms with Crippen LogP contribution in [0.3, 0.4) is 0 Å². The molecule has 118 valence electrons. The Morgan fingerprint density at radius 2 is 1.81 bits per heavy atom. The van der Waals surface area contributed by atoms with E-state index in [2.05, 4.69) is 27.7 Å². The lowest BCUT2D eigenvalue weighted by molar-refractivity contribution is 0.0378. The van der Waals surface area contributed by atoms with E-state index in [0.717, 1.165) is 6.42 Å². The molecule has 0 aliphatic heterocycles. The summed E-state index contributed by atoms with van der Waals surface area (Å²) in [6, 6.07) is 2.97. The highest BCUT2D eigenvalue weighted by atomic mass is 35.5. The molecule has 0 amide bonds. The lowest BCUT2D eigenvalue weighted by Crippen LogP contribution is -2.23. The van der Waals surface area contributed by atoms with Crippen molar-refractivity contribution in [1.29, 1.82) is 0 Å². The Labute approximate surface area is 141 Å². The molecule has 0 bridgehead atoms. The molecular weight excluding hydrogens is 331 g/mol. The van der Waals surface area contributed by atoms with E-state index in [1.165, 1.54) is 12.1 Å². The van der Waals surface area contributed by atoms with Crippen LogP contribution in [0, 0.1) is 17.8 Å². The monoisotopic (exact) mass is 350 g/mol. The Morgan fingerprint density at radius 3 is 2.33 bits per heavy atom. The van der Waals surface area contributed by atoms with Gasteiger partial charge in [0.2, 0.25) is 0 Å². The maximum atomic E-state index is 12.1. The quantitative estimate of drug-likeness (QED) is 0.455. The van der Waals surface area contributed by atoms with Gasteiger partial charge in [0.25, 0.3) is 0 Å². The molecule has 1 rings (SSSR count). The molecule has 2 nitrogen and oxygen atoms in total. The van der Waals surface area contributed by atoms with Crippen LogP contribution in [0.1, 0.15) is 44.5 Å². The molecule has 1 aromatic rings. The summed E-state index contributed by atoms with van der Waals surface area (Å²) in [5, 5.41) is 0.783. The fraction of sp³-hybridized carbons (Fsp3) is 0.562. The zero-order valence-electron chi connectivity index (χ0n) is 12.8. The van der Waals surface area contributed by atoms with Crippen LogP contribution in [0.25, 0.3) is 0 Å². The fourth-order valence-corrected chi connectivity index (χ4v) is 3.32. The first-order valence-corrected chi connectivity index (χ1v) is 8.22. The molecule has 21 heavy (non-hydrogen) atoms. The second-order valence-electron chi connectivity index (χ2n) is 5.64. The van der Waals surface area contributed by atoms with Crippen LogP contribution in [-0.4, -0.2) is 12.6 Å². The summed E-state index contributed by atoms with van der Waals surface area (Å²) in [5.74, 6) is 0.853. The minimum atomic E-state index is -0.491. The van der Waals surface area contributed by atoms with Gasteiger partial charge in [-0.25, -0.2) is 4.79 Å². The van der Waals surface area contributed by atoms with Crippen molar-refractivity contribution in [2.24, 2.45) is 17.8 Å². The number of hydrogen-bond acceptors (Lipinski definition) is 2. The molecule has 0 aliphatic rings. The smallest absolute Gasteiger partial charge is 0.339 e. The van der Waals surface area contributed by atoms with Gasteiger partial charge in [0.05, 0.1) is 22.2 Å². The SMILES string of the molecule is CCC(C(C)C)C(C)COC(=O)c1cc(Cl)cc(Cl)c1Cl. The summed E-state index contributed by atoms with van der Waals surface area (Å²) in [7, 11) is 0. The van der Waals surface area contributed by atoms with Crippen LogP contribution in [-0.2, 0) is 4.74 Å². The maximum Gasteiger partial charge on any atom is 0.339 e. The molecule has 5 heteroatoms. The van der Waals surface area contributed by atoms with Crippen molar-refractivity contribution in [3.8, 4) is 0 Å². The Kier molecular flexibility index (Phi) is 7.32. The molecule has 0 aliphatic carbocycles. The molecule has 2 unspecified atom stereocenters. The van der Waals surface area contributed by atoms with E-state index in [9.17, 15) is 4.79 Å². The highest BCUT2D eigenvalue weighted by molar-refractivity contribution is 6.45. The molecule has 0 N–H and O–H groups in total. The summed E-state index contributed by atoms with van der Waals surface area (Å²) in [6.07, 6.45) is 1.06. The van der Waals surface area contributed by atoms with Crippen LogP contribution in [0.2, 0.25) is 15.1 Å². The van der Waals surface area contributed by atoms with Crippen LogP contribution < -0.4 is 0 Å². The van der Waals surface area contributed by atoms with Gasteiger partial charge in [0.15, 0.2) is 0 Å². The van der Waals surface area contributed by atoms with Gasteiger partial charge in [0, 0.05) is 5.02 Å². The number of esters is 1. The van der Waals surface area contributed by atoms with E-state index in [1.54, 1.807) is 0 Å². The van der Waals surface area contributed by atoms with E-state index in [0.29, 0.717) is 23.5 Å². The zero-order valence-corrected chi connectivity index (χ0v) is 15.0. The first-order valence-electron chi connectivity index (χ1n) is 7.09. The van der Waals surface area contributed by atoms with E-state index >= 15 is 0 Å². The molecule has 2 atom stereocenters. The van der Waals surface area contributed by atoms with Gasteiger partial charge in [-0.2, -0.15) is 0 Å². The predicted molar refractivity (Wildman–Crippen MR) is 89.5 cm³/mol. The van der Waals surface area contributed by atoms with Crippen molar-refractivity contribution in [3.63, 3.8) is 0 Å². The van der Waals surface area contributed by atoms with Gasteiger partial charge in [-0.1, -0.05) is 68.9 Å². The third-order valence-electron chi connectivity index (χ3n) is 3.75. The molecular formula is C16H21Cl3O2. The zero-order chi connectivity index (χ0) is 16.2. The third-order valence-corrected chi connectivity index (χ3v) is 4.77. The fourth-order valence-electron chi connectivity index (χ4n) is 2.64. The van der Waals surface area contributed by atoms with Gasteiger partial charge in [-0.15, -0.1) is 0 Å². The van der Waals surface area contributed by atoms with Crippen LogP contribution in [0.15, 0.2) is 12.1 Å². The normalized spacial score (nSPS) is 14.1. The number of carbonyl (C=O) groups excluding carboxylic acids is 1. The Bertz CT molecular complexity index is 501. The van der Waals surface area contributed by atoms with Crippen molar-refractivity contribution in [2.75, 3.05) is 6.61 Å². The molecule has 0 radical (unpaired) electrons. The topological polar surface area (TPSA) is 26.3 Å². The van der Waals surface area contributed by atoms with Gasteiger partial charge >= 0.3 is 5.97 Å². The molecule has 0 saturated heterocycles. The van der Waals surface area contributed by atoms with Crippen molar-refractivity contribution in [3.05, 3.63) is 32.8 Å². The van der Waals surface area contributed by atoms with Crippen LogP contribution >= 0.6 is 34.8 Å². The predicted octanol–water partition coefficient (Wildman–Crippen LogP) is 6.12. The van der Waals surface area contributed by atoms with Crippen molar-refractivity contribution < 1.29 is 9.53 Å². The average molecular weight is 352 g/mol. The largest absolute Gasteiger partial charge is 0.462 e. The second-order valence-corrected chi connectivity index (χ2v) is 6.86. The number of hydrogen-bond donors (Lipinski definition) is 0. The minimum Gasteiger partial charge on any atom is -0.462 e. The van der Waals surface area contributed by atoms with Crippen molar-refractivity contribution in [2.45, 2.75) is 34.1 Å². The first kappa shape index (κ1) is 18.6. The number of halogens is 3. The molecule has 0 fully saturated rings. The summed E-state index contributed by atoms with van der Waals surface area (Å²) >= 11 is 17.8. The average Bonchev–Trinajstić information content (AvgIpc) is 2.40. The molecule has 0 heterocycles. The van der Waals surface area contributed by atoms with E-state index < -0.39 is 5.97 Å². The van der Waals surface area contributed by atoms with Crippen molar-refractivity contribution >= 4 is 40.8 Å². The standard InChI is InChI=1S/C16H21Cl3O2/c1-5-12(9(2)3)10(4)8-21-16(20)13-6-11(17)7-14(18)15(13)19/h6-7,9-10,12H,5,8H2,1-4H3. The maximum absolute atomic E-state index is 12.1. The van der Waals surface area contributed by atoms with E-state index in [1.807, 2.05) is 0 Å². The summed E-state index contributed by atoms with van der Waals surface area (Å²) < 4.78 is 5.37.